The first kappa shape index (κ1) is 13.8. The summed E-state index contributed by atoms with van der Waals surface area (Å²) >= 11 is 9.21. The highest BCUT2D eigenvalue weighted by Crippen LogP contribution is 2.24. The van der Waals surface area contributed by atoms with Crippen LogP contribution in [0.5, 0.6) is 0 Å². The highest BCUT2D eigenvalue weighted by atomic mass is 79.9. The van der Waals surface area contributed by atoms with Crippen LogP contribution in [-0.2, 0) is 0 Å². The number of benzene rings is 1. The molecule has 1 aromatic rings. The van der Waals surface area contributed by atoms with Crippen molar-refractivity contribution in [1.82, 2.24) is 5.32 Å². The van der Waals surface area contributed by atoms with Gasteiger partial charge in [0.1, 0.15) is 5.82 Å². The van der Waals surface area contributed by atoms with E-state index >= 15 is 0 Å². The molecule has 0 saturated heterocycles. The molecule has 0 atom stereocenters. The van der Waals surface area contributed by atoms with Crippen LogP contribution in [0.1, 0.15) is 36.0 Å². The van der Waals surface area contributed by atoms with E-state index in [-0.39, 0.29) is 22.9 Å². The van der Waals surface area contributed by atoms with Gasteiger partial charge in [-0.3, -0.25) is 4.79 Å². The van der Waals surface area contributed by atoms with E-state index in [1.54, 1.807) is 12.1 Å². The minimum atomic E-state index is -0.507. The van der Waals surface area contributed by atoms with E-state index in [0.29, 0.717) is 4.47 Å². The molecule has 1 saturated carbocycles. The lowest BCUT2D eigenvalue weighted by Crippen LogP contribution is -2.38. The normalized spacial score (nSPS) is 23.7. The van der Waals surface area contributed by atoms with Crippen LogP contribution in [0.25, 0.3) is 0 Å². The predicted molar refractivity (Wildman–Crippen MR) is 73.5 cm³/mol. The van der Waals surface area contributed by atoms with Gasteiger partial charge in [0.2, 0.25) is 0 Å². The molecule has 2 nitrogen and oxygen atoms in total. The summed E-state index contributed by atoms with van der Waals surface area (Å²) in [7, 11) is 0. The van der Waals surface area contributed by atoms with Crippen molar-refractivity contribution in [3.8, 4) is 0 Å². The Morgan fingerprint density at radius 1 is 1.33 bits per heavy atom. The summed E-state index contributed by atoms with van der Waals surface area (Å²) in [4.78, 5) is 12.0. The molecule has 1 aliphatic carbocycles. The zero-order chi connectivity index (χ0) is 13.1. The van der Waals surface area contributed by atoms with Gasteiger partial charge >= 0.3 is 0 Å². The van der Waals surface area contributed by atoms with E-state index in [9.17, 15) is 9.18 Å². The van der Waals surface area contributed by atoms with Crippen molar-refractivity contribution >= 4 is 33.4 Å². The molecule has 1 amide bonds. The number of halogens is 3. The molecule has 2 rings (SSSR count). The van der Waals surface area contributed by atoms with Gasteiger partial charge in [0, 0.05) is 15.9 Å². The smallest absolute Gasteiger partial charge is 0.255 e. The van der Waals surface area contributed by atoms with Gasteiger partial charge in [-0.25, -0.2) is 4.39 Å². The van der Waals surface area contributed by atoms with Crippen LogP contribution >= 0.6 is 27.5 Å². The summed E-state index contributed by atoms with van der Waals surface area (Å²) in [6, 6.07) is 4.61. The van der Waals surface area contributed by atoms with Crippen LogP contribution in [0, 0.1) is 5.82 Å². The largest absolute Gasteiger partial charge is 0.349 e. The second kappa shape index (κ2) is 6.02. The minimum Gasteiger partial charge on any atom is -0.349 e. The lowest BCUT2D eigenvalue weighted by atomic mass is 9.95. The number of carbonyl (C=O) groups excluding carboxylic acids is 1. The summed E-state index contributed by atoms with van der Waals surface area (Å²) in [5.74, 6) is -0.870. The van der Waals surface area contributed by atoms with Gasteiger partial charge in [-0.2, -0.15) is 0 Å². The molecule has 18 heavy (non-hydrogen) atoms. The molecule has 0 aromatic heterocycles. The fourth-order valence-electron chi connectivity index (χ4n) is 2.17. The Labute approximate surface area is 119 Å². The zero-order valence-electron chi connectivity index (χ0n) is 9.76. The van der Waals surface area contributed by atoms with E-state index in [1.165, 1.54) is 6.07 Å². The first-order chi connectivity index (χ1) is 8.58. The van der Waals surface area contributed by atoms with E-state index in [4.69, 9.17) is 11.6 Å². The molecular formula is C13H14BrClFNO. The molecule has 1 aromatic carbocycles. The van der Waals surface area contributed by atoms with Crippen LogP contribution < -0.4 is 5.32 Å². The Morgan fingerprint density at radius 3 is 2.61 bits per heavy atom. The molecular weight excluding hydrogens is 321 g/mol. The fourth-order valence-corrected chi connectivity index (χ4v) is 2.94. The molecule has 1 N–H and O–H groups in total. The number of hydrogen-bond donors (Lipinski definition) is 1. The second-order valence-corrected chi connectivity index (χ2v) is 5.99. The van der Waals surface area contributed by atoms with Crippen molar-refractivity contribution in [2.75, 3.05) is 0 Å². The van der Waals surface area contributed by atoms with Crippen molar-refractivity contribution in [2.24, 2.45) is 0 Å². The van der Waals surface area contributed by atoms with E-state index in [2.05, 4.69) is 21.2 Å². The number of rotatable bonds is 2. The molecule has 5 heteroatoms. The third kappa shape index (κ3) is 3.23. The monoisotopic (exact) mass is 333 g/mol. The molecule has 0 spiro atoms. The Balaban J connectivity index is 2.04. The lowest BCUT2D eigenvalue weighted by molar-refractivity contribution is 0.0923. The number of hydrogen-bond acceptors (Lipinski definition) is 1. The van der Waals surface area contributed by atoms with E-state index in [1.807, 2.05) is 0 Å². The molecule has 1 fully saturated rings. The summed E-state index contributed by atoms with van der Waals surface area (Å²) in [5, 5.41) is 3.08. The SMILES string of the molecule is O=C(NC1CCC(Cl)CC1)c1c(F)cccc1Br. The minimum absolute atomic E-state index is 0.0745. The van der Waals surface area contributed by atoms with Crippen molar-refractivity contribution in [1.29, 1.82) is 0 Å². The highest BCUT2D eigenvalue weighted by molar-refractivity contribution is 9.10. The number of carbonyl (C=O) groups is 1. The van der Waals surface area contributed by atoms with Gasteiger partial charge in [0.15, 0.2) is 0 Å². The standard InChI is InChI=1S/C13H14BrClFNO/c14-10-2-1-3-11(16)12(10)13(18)17-9-6-4-8(15)5-7-9/h1-3,8-9H,4-7H2,(H,17,18). The molecule has 0 aliphatic heterocycles. The third-order valence-corrected chi connectivity index (χ3v) is 4.28. The van der Waals surface area contributed by atoms with Crippen molar-refractivity contribution in [3.63, 3.8) is 0 Å². The Morgan fingerprint density at radius 2 is 2.00 bits per heavy atom. The summed E-state index contributed by atoms with van der Waals surface area (Å²) < 4.78 is 14.1. The molecule has 0 heterocycles. The maximum atomic E-state index is 13.6. The second-order valence-electron chi connectivity index (χ2n) is 4.52. The quantitative estimate of drug-likeness (QED) is 0.817. The number of alkyl halides is 1. The average molecular weight is 335 g/mol. The molecule has 98 valence electrons. The third-order valence-electron chi connectivity index (χ3n) is 3.18. The Kier molecular flexibility index (Phi) is 4.62. The highest BCUT2D eigenvalue weighted by Gasteiger charge is 2.23. The molecule has 0 radical (unpaired) electrons. The topological polar surface area (TPSA) is 29.1 Å². The van der Waals surface area contributed by atoms with E-state index < -0.39 is 5.82 Å². The maximum absolute atomic E-state index is 13.6. The van der Waals surface area contributed by atoms with Crippen molar-refractivity contribution < 1.29 is 9.18 Å². The first-order valence-electron chi connectivity index (χ1n) is 5.97. The molecule has 1 aliphatic rings. The fraction of sp³-hybridized carbons (Fsp3) is 0.462. The van der Waals surface area contributed by atoms with Crippen LogP contribution in [0.2, 0.25) is 0 Å². The van der Waals surface area contributed by atoms with Crippen molar-refractivity contribution in [2.45, 2.75) is 37.1 Å². The van der Waals surface area contributed by atoms with Gasteiger partial charge < -0.3 is 5.32 Å². The van der Waals surface area contributed by atoms with Crippen LogP contribution in [-0.4, -0.2) is 17.3 Å². The first-order valence-corrected chi connectivity index (χ1v) is 7.20. The van der Waals surface area contributed by atoms with Gasteiger partial charge in [-0.15, -0.1) is 11.6 Å². The maximum Gasteiger partial charge on any atom is 0.255 e. The van der Waals surface area contributed by atoms with E-state index in [0.717, 1.165) is 25.7 Å². The predicted octanol–water partition coefficient (Wildman–Crippen LogP) is 3.87. The van der Waals surface area contributed by atoms with Gasteiger partial charge in [-0.1, -0.05) is 6.07 Å². The summed E-state index contributed by atoms with van der Waals surface area (Å²) in [5.41, 5.74) is 0.0745. The Bertz CT molecular complexity index is 426. The number of amides is 1. The molecule has 0 unspecified atom stereocenters. The lowest BCUT2D eigenvalue weighted by Gasteiger charge is -2.26. The van der Waals surface area contributed by atoms with Crippen LogP contribution in [0.15, 0.2) is 22.7 Å². The van der Waals surface area contributed by atoms with Crippen molar-refractivity contribution in [3.05, 3.63) is 34.1 Å². The summed E-state index contributed by atoms with van der Waals surface area (Å²) in [6.07, 6.45) is 3.49. The van der Waals surface area contributed by atoms with Crippen LogP contribution in [0.4, 0.5) is 4.39 Å². The molecule has 0 bridgehead atoms. The van der Waals surface area contributed by atoms with Crippen LogP contribution in [0.3, 0.4) is 0 Å². The summed E-state index contributed by atoms with van der Waals surface area (Å²) in [6.45, 7) is 0. The number of nitrogens with one attached hydrogen (secondary N) is 1. The van der Waals surface area contributed by atoms with Gasteiger partial charge in [0.05, 0.1) is 5.56 Å². The zero-order valence-corrected chi connectivity index (χ0v) is 12.1. The van der Waals surface area contributed by atoms with Gasteiger partial charge in [-0.05, 0) is 53.7 Å². The van der Waals surface area contributed by atoms with Gasteiger partial charge in [0.25, 0.3) is 5.91 Å². The Hall–Kier alpha value is -0.610. The average Bonchev–Trinajstić information content (AvgIpc) is 2.32.